The van der Waals surface area contributed by atoms with Crippen LogP contribution in [0.2, 0.25) is 0 Å². The molecule has 2 heterocycles. The van der Waals surface area contributed by atoms with Crippen molar-refractivity contribution in [2.45, 2.75) is 45.2 Å². The van der Waals surface area contributed by atoms with E-state index in [4.69, 9.17) is 10.7 Å². The minimum atomic E-state index is 0.401. The molecule has 1 aliphatic heterocycles. The molecule has 3 rings (SSSR count). The summed E-state index contributed by atoms with van der Waals surface area (Å²) in [6.45, 7) is 6.49. The van der Waals surface area contributed by atoms with E-state index in [2.05, 4.69) is 40.7 Å². The largest absolute Gasteiger partial charge is 0.330 e. The molecule has 1 unspecified atom stereocenters. The molecule has 4 nitrogen and oxygen atoms in total. The monoisotopic (exact) mass is 286 g/mol. The maximum Gasteiger partial charge on any atom is 0.127 e. The van der Waals surface area contributed by atoms with Crippen LogP contribution in [0, 0.1) is 0 Å². The van der Waals surface area contributed by atoms with Crippen molar-refractivity contribution in [3.8, 4) is 0 Å². The van der Waals surface area contributed by atoms with Gasteiger partial charge in [0, 0.05) is 6.54 Å². The van der Waals surface area contributed by atoms with Gasteiger partial charge in [0.25, 0.3) is 0 Å². The van der Waals surface area contributed by atoms with E-state index < -0.39 is 0 Å². The molecular formula is C17H26N4. The van der Waals surface area contributed by atoms with Gasteiger partial charge in [0.2, 0.25) is 0 Å². The molecule has 1 aromatic carbocycles. The quantitative estimate of drug-likeness (QED) is 0.831. The molecule has 0 saturated carbocycles. The smallest absolute Gasteiger partial charge is 0.127 e. The van der Waals surface area contributed by atoms with Crippen molar-refractivity contribution in [2.24, 2.45) is 5.73 Å². The molecule has 1 aromatic heterocycles. The van der Waals surface area contributed by atoms with Gasteiger partial charge in [0.15, 0.2) is 0 Å². The third-order valence-electron chi connectivity index (χ3n) is 4.58. The molecule has 1 saturated heterocycles. The first kappa shape index (κ1) is 14.5. The van der Waals surface area contributed by atoms with Crippen LogP contribution in [0.3, 0.4) is 0 Å². The Kier molecular flexibility index (Phi) is 4.56. The van der Waals surface area contributed by atoms with Crippen LogP contribution < -0.4 is 5.73 Å². The number of imidazole rings is 1. The number of para-hydroxylation sites is 2. The lowest BCUT2D eigenvalue weighted by Crippen LogP contribution is -2.26. The van der Waals surface area contributed by atoms with Gasteiger partial charge in [-0.1, -0.05) is 12.1 Å². The molecule has 0 spiro atoms. The molecule has 114 valence electrons. The Labute approximate surface area is 126 Å². The average Bonchev–Trinajstić information content (AvgIpc) is 3.15. The van der Waals surface area contributed by atoms with Crippen molar-refractivity contribution in [1.82, 2.24) is 14.5 Å². The summed E-state index contributed by atoms with van der Waals surface area (Å²) in [6.07, 6.45) is 4.83. The molecule has 1 atom stereocenters. The van der Waals surface area contributed by atoms with Crippen LogP contribution in [0.25, 0.3) is 11.0 Å². The lowest BCUT2D eigenvalue weighted by atomic mass is 10.2. The maximum atomic E-state index is 5.64. The molecule has 1 fully saturated rings. The molecule has 0 aliphatic carbocycles. The van der Waals surface area contributed by atoms with Gasteiger partial charge in [-0.05, 0) is 64.4 Å². The fourth-order valence-electron chi connectivity index (χ4n) is 3.35. The summed E-state index contributed by atoms with van der Waals surface area (Å²) in [5, 5.41) is 0. The highest BCUT2D eigenvalue weighted by molar-refractivity contribution is 5.76. The molecule has 2 aromatic rings. The molecule has 0 bridgehead atoms. The number of likely N-dealkylation sites (tertiary alicyclic amines) is 1. The van der Waals surface area contributed by atoms with Crippen LogP contribution in [0.15, 0.2) is 24.3 Å². The summed E-state index contributed by atoms with van der Waals surface area (Å²) in [6, 6.07) is 8.88. The number of hydrogen-bond acceptors (Lipinski definition) is 3. The summed E-state index contributed by atoms with van der Waals surface area (Å²) in [4.78, 5) is 7.48. The normalized spacial score (nSPS) is 17.6. The number of rotatable bonds is 6. The highest BCUT2D eigenvalue weighted by Crippen LogP contribution is 2.27. The molecule has 0 radical (unpaired) electrons. The molecule has 1 aliphatic rings. The number of nitrogens with two attached hydrogens (primary N) is 1. The van der Waals surface area contributed by atoms with Crippen molar-refractivity contribution in [1.29, 1.82) is 0 Å². The number of benzene rings is 1. The van der Waals surface area contributed by atoms with E-state index in [9.17, 15) is 0 Å². The molecular weight excluding hydrogens is 260 g/mol. The van der Waals surface area contributed by atoms with Crippen molar-refractivity contribution in [2.75, 3.05) is 19.6 Å². The van der Waals surface area contributed by atoms with Crippen molar-refractivity contribution in [3.63, 3.8) is 0 Å². The summed E-state index contributed by atoms with van der Waals surface area (Å²) < 4.78 is 2.41. The van der Waals surface area contributed by atoms with Gasteiger partial charge in [-0.2, -0.15) is 0 Å². The number of unbranched alkanes of at least 4 members (excludes halogenated alkanes) is 1. The summed E-state index contributed by atoms with van der Waals surface area (Å²) in [5.74, 6) is 1.22. The first-order valence-electron chi connectivity index (χ1n) is 8.20. The number of aryl methyl sites for hydroxylation is 1. The zero-order valence-corrected chi connectivity index (χ0v) is 13.0. The highest BCUT2D eigenvalue weighted by atomic mass is 15.2. The predicted molar refractivity (Wildman–Crippen MR) is 87.2 cm³/mol. The van der Waals surface area contributed by atoms with Crippen LogP contribution >= 0.6 is 0 Å². The van der Waals surface area contributed by atoms with E-state index in [1.807, 2.05) is 0 Å². The fourth-order valence-corrected chi connectivity index (χ4v) is 3.35. The van der Waals surface area contributed by atoms with Gasteiger partial charge >= 0.3 is 0 Å². The summed E-state index contributed by atoms with van der Waals surface area (Å²) >= 11 is 0. The molecule has 0 amide bonds. The summed E-state index contributed by atoms with van der Waals surface area (Å²) in [5.41, 5.74) is 8.02. The van der Waals surface area contributed by atoms with Crippen LogP contribution in [-0.4, -0.2) is 34.1 Å². The van der Waals surface area contributed by atoms with Gasteiger partial charge in [-0.15, -0.1) is 0 Å². The number of hydrogen-bond donors (Lipinski definition) is 1. The zero-order chi connectivity index (χ0) is 14.7. The zero-order valence-electron chi connectivity index (χ0n) is 13.0. The van der Waals surface area contributed by atoms with Gasteiger partial charge in [0.05, 0.1) is 17.1 Å². The number of fused-ring (bicyclic) bond motifs is 1. The van der Waals surface area contributed by atoms with Gasteiger partial charge in [-0.25, -0.2) is 4.98 Å². The Morgan fingerprint density at radius 3 is 2.71 bits per heavy atom. The standard InChI is InChI=1S/C17H26N4/c1-14(20-11-6-7-12-20)17-19-15-8-2-3-9-16(15)21(17)13-5-4-10-18/h2-3,8-9,14H,4-7,10-13,18H2,1H3. The minimum absolute atomic E-state index is 0.401. The second kappa shape index (κ2) is 6.58. The first-order valence-corrected chi connectivity index (χ1v) is 8.20. The second-order valence-corrected chi connectivity index (χ2v) is 6.03. The summed E-state index contributed by atoms with van der Waals surface area (Å²) in [7, 11) is 0. The molecule has 2 N–H and O–H groups in total. The Morgan fingerprint density at radius 1 is 1.19 bits per heavy atom. The van der Waals surface area contributed by atoms with Gasteiger partial charge < -0.3 is 10.3 Å². The van der Waals surface area contributed by atoms with E-state index in [1.165, 1.54) is 37.3 Å². The van der Waals surface area contributed by atoms with Crippen molar-refractivity contribution >= 4 is 11.0 Å². The number of aromatic nitrogens is 2. The highest BCUT2D eigenvalue weighted by Gasteiger charge is 2.24. The van der Waals surface area contributed by atoms with Crippen LogP contribution in [-0.2, 0) is 6.54 Å². The second-order valence-electron chi connectivity index (χ2n) is 6.03. The SMILES string of the molecule is CC(c1nc2ccccc2n1CCCCN)N1CCCC1. The third-order valence-corrected chi connectivity index (χ3v) is 4.58. The predicted octanol–water partition coefficient (Wildman–Crippen LogP) is 2.93. The van der Waals surface area contributed by atoms with E-state index in [-0.39, 0.29) is 0 Å². The average molecular weight is 286 g/mol. The van der Waals surface area contributed by atoms with Crippen molar-refractivity contribution in [3.05, 3.63) is 30.1 Å². The topological polar surface area (TPSA) is 47.1 Å². The first-order chi connectivity index (χ1) is 10.3. The van der Waals surface area contributed by atoms with Crippen molar-refractivity contribution < 1.29 is 0 Å². The van der Waals surface area contributed by atoms with E-state index in [1.54, 1.807) is 0 Å². The minimum Gasteiger partial charge on any atom is -0.330 e. The van der Waals surface area contributed by atoms with Gasteiger partial charge in [-0.3, -0.25) is 4.90 Å². The Bertz CT molecular complexity index is 583. The number of nitrogens with zero attached hydrogens (tertiary/aromatic N) is 3. The lowest BCUT2D eigenvalue weighted by Gasteiger charge is -2.24. The van der Waals surface area contributed by atoms with Crippen LogP contribution in [0.5, 0.6) is 0 Å². The third kappa shape index (κ3) is 2.97. The Morgan fingerprint density at radius 2 is 1.95 bits per heavy atom. The Balaban J connectivity index is 1.93. The van der Waals surface area contributed by atoms with E-state index >= 15 is 0 Å². The Hall–Kier alpha value is -1.39. The van der Waals surface area contributed by atoms with Gasteiger partial charge in [0.1, 0.15) is 5.82 Å². The van der Waals surface area contributed by atoms with Crippen LogP contribution in [0.1, 0.15) is 44.5 Å². The maximum absolute atomic E-state index is 5.64. The van der Waals surface area contributed by atoms with Crippen LogP contribution in [0.4, 0.5) is 0 Å². The van der Waals surface area contributed by atoms with E-state index in [0.717, 1.165) is 31.4 Å². The van der Waals surface area contributed by atoms with E-state index in [0.29, 0.717) is 6.04 Å². The lowest BCUT2D eigenvalue weighted by molar-refractivity contribution is 0.248. The molecule has 4 heteroatoms. The molecule has 21 heavy (non-hydrogen) atoms. The fraction of sp³-hybridized carbons (Fsp3) is 0.588.